The third-order valence-corrected chi connectivity index (χ3v) is 3.24. The largest absolute Gasteiger partial charge is 0.379 e. The maximum absolute atomic E-state index is 11.0. The Morgan fingerprint density at radius 2 is 1.90 bits per heavy atom. The van der Waals surface area contributed by atoms with E-state index in [1.54, 1.807) is 12.1 Å². The summed E-state index contributed by atoms with van der Waals surface area (Å²) in [6.45, 7) is 2.54. The number of aryl methyl sites for hydroxylation is 1. The second-order valence-corrected chi connectivity index (χ2v) is 5.02. The normalized spacial score (nSPS) is 10.3. The molecular formula is C15H15ClN2O2. The maximum atomic E-state index is 11.0. The van der Waals surface area contributed by atoms with Crippen LogP contribution in [0.25, 0.3) is 0 Å². The molecule has 5 heteroatoms. The summed E-state index contributed by atoms with van der Waals surface area (Å²) < 4.78 is 0. The summed E-state index contributed by atoms with van der Waals surface area (Å²) in [6, 6.07) is 12.6. The Hall–Kier alpha value is -2.07. The fourth-order valence-corrected chi connectivity index (χ4v) is 2.07. The summed E-state index contributed by atoms with van der Waals surface area (Å²) in [5, 5.41) is 14.8. The van der Waals surface area contributed by atoms with Crippen LogP contribution in [0.4, 0.5) is 11.4 Å². The minimum atomic E-state index is -0.371. The molecule has 0 radical (unpaired) electrons. The molecule has 0 bridgehead atoms. The van der Waals surface area contributed by atoms with E-state index in [0.29, 0.717) is 17.3 Å². The average molecular weight is 291 g/mol. The molecule has 0 amide bonds. The summed E-state index contributed by atoms with van der Waals surface area (Å²) in [7, 11) is 0. The number of nitro groups is 1. The molecule has 20 heavy (non-hydrogen) atoms. The van der Waals surface area contributed by atoms with Crippen LogP contribution in [0.2, 0.25) is 5.02 Å². The zero-order valence-electron chi connectivity index (χ0n) is 11.1. The number of nitrogens with one attached hydrogen (secondary N) is 1. The number of nitro benzene ring substituents is 1. The van der Waals surface area contributed by atoms with Crippen LogP contribution in [0.5, 0.6) is 0 Å². The molecule has 0 unspecified atom stereocenters. The Morgan fingerprint density at radius 1 is 1.20 bits per heavy atom. The van der Waals surface area contributed by atoms with E-state index < -0.39 is 0 Å². The molecule has 0 saturated heterocycles. The van der Waals surface area contributed by atoms with E-state index in [1.165, 1.54) is 6.07 Å². The Labute approximate surface area is 122 Å². The predicted molar refractivity (Wildman–Crippen MR) is 81.5 cm³/mol. The van der Waals surface area contributed by atoms with Crippen molar-refractivity contribution in [2.45, 2.75) is 13.3 Å². The number of hydrogen-bond donors (Lipinski definition) is 1. The molecule has 1 N–H and O–H groups in total. The summed E-state index contributed by atoms with van der Waals surface area (Å²) in [5.74, 6) is 0. The van der Waals surface area contributed by atoms with Crippen molar-refractivity contribution in [3.8, 4) is 0 Å². The highest BCUT2D eigenvalue weighted by molar-refractivity contribution is 6.30. The van der Waals surface area contributed by atoms with Crippen molar-refractivity contribution in [1.82, 2.24) is 0 Å². The summed E-state index contributed by atoms with van der Waals surface area (Å²) >= 11 is 5.82. The fourth-order valence-electron chi connectivity index (χ4n) is 1.94. The summed E-state index contributed by atoms with van der Waals surface area (Å²) in [5.41, 5.74) is 2.79. The van der Waals surface area contributed by atoms with Crippen LogP contribution in [0.1, 0.15) is 11.1 Å². The number of nitrogens with zero attached hydrogens (tertiary/aromatic N) is 1. The minimum Gasteiger partial charge on any atom is -0.379 e. The molecule has 0 atom stereocenters. The van der Waals surface area contributed by atoms with E-state index in [4.69, 9.17) is 11.6 Å². The molecule has 0 fully saturated rings. The van der Waals surface area contributed by atoms with Crippen molar-refractivity contribution in [2.24, 2.45) is 0 Å². The summed E-state index contributed by atoms with van der Waals surface area (Å²) in [6.07, 6.45) is 0.780. The molecule has 2 rings (SSSR count). The second kappa shape index (κ2) is 6.39. The monoisotopic (exact) mass is 290 g/mol. The highest BCUT2D eigenvalue weighted by atomic mass is 35.5. The zero-order valence-corrected chi connectivity index (χ0v) is 11.9. The highest BCUT2D eigenvalue weighted by Crippen LogP contribution is 2.25. The van der Waals surface area contributed by atoms with Crippen molar-refractivity contribution in [2.75, 3.05) is 11.9 Å². The number of hydrogen-bond acceptors (Lipinski definition) is 3. The van der Waals surface area contributed by atoms with Crippen LogP contribution in [0.3, 0.4) is 0 Å². The Bertz CT molecular complexity index is 612. The van der Waals surface area contributed by atoms with Gasteiger partial charge in [0, 0.05) is 17.6 Å². The van der Waals surface area contributed by atoms with Crippen LogP contribution in [0, 0.1) is 17.0 Å². The topological polar surface area (TPSA) is 55.2 Å². The lowest BCUT2D eigenvalue weighted by molar-refractivity contribution is -0.384. The van der Waals surface area contributed by atoms with Crippen LogP contribution in [0.15, 0.2) is 42.5 Å². The molecule has 0 heterocycles. The minimum absolute atomic E-state index is 0.103. The van der Waals surface area contributed by atoms with Gasteiger partial charge in [-0.25, -0.2) is 0 Å². The lowest BCUT2D eigenvalue weighted by Gasteiger charge is -2.08. The first-order valence-corrected chi connectivity index (χ1v) is 6.67. The highest BCUT2D eigenvalue weighted by Gasteiger charge is 2.12. The third kappa shape index (κ3) is 3.71. The van der Waals surface area contributed by atoms with Crippen molar-refractivity contribution in [1.29, 1.82) is 0 Å². The molecular weight excluding hydrogens is 276 g/mol. The molecule has 0 aromatic heterocycles. The van der Waals surface area contributed by atoms with E-state index in [9.17, 15) is 10.1 Å². The molecule has 0 aliphatic rings. The van der Waals surface area contributed by atoms with Gasteiger partial charge in [0.15, 0.2) is 0 Å². The Balaban J connectivity index is 2.02. The van der Waals surface area contributed by atoms with E-state index >= 15 is 0 Å². The molecule has 0 aliphatic carbocycles. The van der Waals surface area contributed by atoms with E-state index in [2.05, 4.69) is 5.32 Å². The van der Waals surface area contributed by atoms with Gasteiger partial charge in [-0.05, 0) is 42.7 Å². The average Bonchev–Trinajstić information content (AvgIpc) is 2.41. The van der Waals surface area contributed by atoms with Crippen LogP contribution in [-0.4, -0.2) is 11.5 Å². The Morgan fingerprint density at radius 3 is 2.55 bits per heavy atom. The zero-order chi connectivity index (χ0) is 14.5. The van der Waals surface area contributed by atoms with Crippen molar-refractivity contribution >= 4 is 23.0 Å². The lowest BCUT2D eigenvalue weighted by atomic mass is 10.1. The van der Waals surface area contributed by atoms with Gasteiger partial charge in [0.05, 0.1) is 4.92 Å². The van der Waals surface area contributed by atoms with Gasteiger partial charge in [-0.2, -0.15) is 0 Å². The van der Waals surface area contributed by atoms with Crippen LogP contribution >= 0.6 is 11.6 Å². The van der Waals surface area contributed by atoms with Gasteiger partial charge in [-0.1, -0.05) is 29.8 Å². The first-order valence-electron chi connectivity index (χ1n) is 6.29. The van der Waals surface area contributed by atoms with Crippen molar-refractivity contribution in [3.63, 3.8) is 0 Å². The van der Waals surface area contributed by atoms with Crippen LogP contribution in [-0.2, 0) is 6.42 Å². The van der Waals surface area contributed by atoms with E-state index in [1.807, 2.05) is 31.2 Å². The number of rotatable bonds is 5. The van der Waals surface area contributed by atoms with E-state index in [0.717, 1.165) is 17.5 Å². The molecule has 4 nitrogen and oxygen atoms in total. The van der Waals surface area contributed by atoms with Gasteiger partial charge in [0.2, 0.25) is 0 Å². The fraction of sp³-hybridized carbons (Fsp3) is 0.200. The molecule has 2 aromatic carbocycles. The van der Waals surface area contributed by atoms with E-state index in [-0.39, 0.29) is 10.6 Å². The smallest absolute Gasteiger partial charge is 0.292 e. The standard InChI is InChI=1S/C15H15ClN2O2/c1-11-2-7-15(18(19)20)14(10-11)17-9-8-12-3-5-13(16)6-4-12/h2-7,10,17H,8-9H2,1H3. The Kier molecular flexibility index (Phi) is 4.58. The third-order valence-electron chi connectivity index (χ3n) is 2.99. The van der Waals surface area contributed by atoms with Gasteiger partial charge in [-0.3, -0.25) is 10.1 Å². The second-order valence-electron chi connectivity index (χ2n) is 4.58. The SMILES string of the molecule is Cc1ccc([N+](=O)[O-])c(NCCc2ccc(Cl)cc2)c1. The van der Waals surface area contributed by atoms with Gasteiger partial charge in [0.1, 0.15) is 5.69 Å². The molecule has 0 aliphatic heterocycles. The lowest BCUT2D eigenvalue weighted by Crippen LogP contribution is -2.07. The van der Waals surface area contributed by atoms with Gasteiger partial charge in [-0.15, -0.1) is 0 Å². The van der Waals surface area contributed by atoms with Crippen molar-refractivity contribution in [3.05, 3.63) is 68.7 Å². The maximum Gasteiger partial charge on any atom is 0.292 e. The van der Waals surface area contributed by atoms with Gasteiger partial charge < -0.3 is 5.32 Å². The van der Waals surface area contributed by atoms with Crippen LogP contribution < -0.4 is 5.32 Å². The number of anilines is 1. The number of halogens is 1. The van der Waals surface area contributed by atoms with Gasteiger partial charge >= 0.3 is 0 Å². The predicted octanol–water partition coefficient (Wildman–Crippen LogP) is 4.21. The quantitative estimate of drug-likeness (QED) is 0.663. The molecule has 0 spiro atoms. The molecule has 104 valence electrons. The molecule has 0 saturated carbocycles. The number of benzene rings is 2. The van der Waals surface area contributed by atoms with Crippen molar-refractivity contribution < 1.29 is 4.92 Å². The molecule has 2 aromatic rings. The summed E-state index contributed by atoms with van der Waals surface area (Å²) in [4.78, 5) is 10.6. The first kappa shape index (κ1) is 14.3. The first-order chi connectivity index (χ1) is 9.56. The van der Waals surface area contributed by atoms with Gasteiger partial charge in [0.25, 0.3) is 5.69 Å².